The van der Waals surface area contributed by atoms with Crippen molar-refractivity contribution in [2.75, 3.05) is 4.90 Å². The predicted octanol–water partition coefficient (Wildman–Crippen LogP) is 19.4. The van der Waals surface area contributed by atoms with Crippen LogP contribution in [0, 0.1) is 0 Å². The van der Waals surface area contributed by atoms with Crippen molar-refractivity contribution < 1.29 is 4.42 Å². The van der Waals surface area contributed by atoms with Crippen molar-refractivity contribution >= 4 is 60.5 Å². The Labute approximate surface area is 407 Å². The molecule has 0 radical (unpaired) electrons. The number of fused-ring (bicyclic) bond motifs is 5. The van der Waals surface area contributed by atoms with Crippen LogP contribution < -0.4 is 4.90 Å². The Balaban J connectivity index is 0.935. The summed E-state index contributed by atoms with van der Waals surface area (Å²) in [6.45, 7) is 0. The van der Waals surface area contributed by atoms with Gasteiger partial charge in [-0.1, -0.05) is 218 Å². The molecule has 70 heavy (non-hydrogen) atoms. The first-order valence-electron chi connectivity index (χ1n) is 24.0. The zero-order valence-electron chi connectivity index (χ0n) is 38.3. The van der Waals surface area contributed by atoms with Gasteiger partial charge in [0, 0.05) is 22.3 Å². The largest absolute Gasteiger partial charge is 0.455 e. The molecule has 0 spiro atoms. The van der Waals surface area contributed by atoms with Crippen LogP contribution in [-0.4, -0.2) is 0 Å². The van der Waals surface area contributed by atoms with E-state index in [0.29, 0.717) is 0 Å². The Hall–Kier alpha value is -9.24. The van der Waals surface area contributed by atoms with Crippen molar-refractivity contribution in [1.29, 1.82) is 0 Å². The molecule has 2 heteroatoms. The Morgan fingerprint density at radius 2 is 0.743 bits per heavy atom. The fraction of sp³-hybridized carbons (Fsp3) is 0. The van der Waals surface area contributed by atoms with Gasteiger partial charge in [-0.2, -0.15) is 0 Å². The van der Waals surface area contributed by atoms with Crippen LogP contribution in [0.4, 0.5) is 17.1 Å². The molecule has 12 aromatic carbocycles. The summed E-state index contributed by atoms with van der Waals surface area (Å²) >= 11 is 0. The highest BCUT2D eigenvalue weighted by molar-refractivity contribution is 6.17. The second-order valence-electron chi connectivity index (χ2n) is 18.0. The van der Waals surface area contributed by atoms with Crippen LogP contribution in [0.15, 0.2) is 277 Å². The molecule has 0 saturated carbocycles. The zero-order chi connectivity index (χ0) is 46.4. The highest BCUT2D eigenvalue weighted by atomic mass is 16.3. The van der Waals surface area contributed by atoms with Gasteiger partial charge in [0.15, 0.2) is 0 Å². The highest BCUT2D eigenvalue weighted by Crippen LogP contribution is 2.47. The first-order valence-corrected chi connectivity index (χ1v) is 24.0. The highest BCUT2D eigenvalue weighted by Gasteiger charge is 2.23. The lowest BCUT2D eigenvalue weighted by molar-refractivity contribution is 0.670. The van der Waals surface area contributed by atoms with Crippen molar-refractivity contribution in [3.05, 3.63) is 273 Å². The van der Waals surface area contributed by atoms with E-state index in [1.54, 1.807) is 0 Å². The first-order chi connectivity index (χ1) is 34.7. The Kier molecular flexibility index (Phi) is 10.2. The standard InChI is InChI=1S/C68H45NO/c1-2-17-49(18-3-1)59-42-43-65(67-64-29-12-13-31-66(64)70-68(59)67)69(55-38-34-47(35-39-55)52-22-14-23-53(44-52)54-33-32-46-16-4-5-20-51(46)45-54)56-40-36-50(37-41-56)58-25-8-9-26-60(58)62-27-10-11-28-63(62)61-30-15-21-48-19-6-7-24-57(48)61/h1-45H. The molecule has 0 N–H and O–H groups in total. The number of hydrogen-bond donors (Lipinski definition) is 0. The summed E-state index contributed by atoms with van der Waals surface area (Å²) in [5, 5.41) is 7.12. The molecular weight excluding hydrogens is 847 g/mol. The number of anilines is 3. The monoisotopic (exact) mass is 891 g/mol. The number of furan rings is 1. The summed E-state index contributed by atoms with van der Waals surface area (Å²) in [5.41, 5.74) is 18.9. The second kappa shape index (κ2) is 17.4. The summed E-state index contributed by atoms with van der Waals surface area (Å²) in [7, 11) is 0. The van der Waals surface area contributed by atoms with Crippen LogP contribution in [0.25, 0.3) is 110 Å². The van der Waals surface area contributed by atoms with Crippen molar-refractivity contribution in [1.82, 2.24) is 0 Å². The average Bonchev–Trinajstić information content (AvgIpc) is 3.84. The zero-order valence-corrected chi connectivity index (χ0v) is 38.3. The molecule has 1 aromatic heterocycles. The Morgan fingerprint density at radius 1 is 0.257 bits per heavy atom. The quantitative estimate of drug-likeness (QED) is 0.144. The van der Waals surface area contributed by atoms with Gasteiger partial charge in [0.25, 0.3) is 0 Å². The van der Waals surface area contributed by atoms with Gasteiger partial charge < -0.3 is 9.32 Å². The molecule has 0 saturated heterocycles. The van der Waals surface area contributed by atoms with Crippen molar-refractivity contribution in [2.45, 2.75) is 0 Å². The van der Waals surface area contributed by atoms with E-state index in [1.807, 2.05) is 0 Å². The summed E-state index contributed by atoms with van der Waals surface area (Å²) < 4.78 is 6.82. The molecule has 0 unspecified atom stereocenters. The van der Waals surface area contributed by atoms with E-state index >= 15 is 0 Å². The van der Waals surface area contributed by atoms with Gasteiger partial charge in [-0.05, 0) is 137 Å². The minimum absolute atomic E-state index is 0.861. The molecule has 0 aliphatic heterocycles. The minimum atomic E-state index is 0.861. The summed E-state index contributed by atoms with van der Waals surface area (Å²) in [6.07, 6.45) is 0. The molecule has 13 aromatic rings. The Bertz CT molecular complexity index is 4050. The van der Waals surface area contributed by atoms with E-state index in [1.165, 1.54) is 66.1 Å². The van der Waals surface area contributed by atoms with Crippen molar-refractivity contribution in [2.24, 2.45) is 0 Å². The molecule has 0 aliphatic rings. The van der Waals surface area contributed by atoms with Gasteiger partial charge in [-0.15, -0.1) is 0 Å². The van der Waals surface area contributed by atoms with Crippen molar-refractivity contribution in [3.63, 3.8) is 0 Å². The fourth-order valence-corrected chi connectivity index (χ4v) is 10.5. The topological polar surface area (TPSA) is 16.4 Å². The number of rotatable bonds is 9. The molecule has 0 aliphatic carbocycles. The van der Waals surface area contributed by atoms with E-state index in [4.69, 9.17) is 4.42 Å². The van der Waals surface area contributed by atoms with Gasteiger partial charge in [0.2, 0.25) is 0 Å². The molecule has 2 nitrogen and oxygen atoms in total. The van der Waals surface area contributed by atoms with Gasteiger partial charge in [-0.3, -0.25) is 0 Å². The molecule has 0 atom stereocenters. The van der Waals surface area contributed by atoms with Crippen LogP contribution in [0.5, 0.6) is 0 Å². The van der Waals surface area contributed by atoms with Crippen molar-refractivity contribution in [3.8, 4) is 66.8 Å². The average molecular weight is 892 g/mol. The summed E-state index contributed by atoms with van der Waals surface area (Å²) in [5.74, 6) is 0. The van der Waals surface area contributed by atoms with Crippen LogP contribution in [0.1, 0.15) is 0 Å². The lowest BCUT2D eigenvalue weighted by Gasteiger charge is -2.27. The molecule has 13 rings (SSSR count). The predicted molar refractivity (Wildman–Crippen MR) is 296 cm³/mol. The second-order valence-corrected chi connectivity index (χ2v) is 18.0. The number of nitrogens with zero attached hydrogens (tertiary/aromatic N) is 1. The van der Waals surface area contributed by atoms with E-state index in [2.05, 4.69) is 278 Å². The third-order valence-electron chi connectivity index (χ3n) is 13.9. The molecule has 1 heterocycles. The lowest BCUT2D eigenvalue weighted by Crippen LogP contribution is -2.10. The maximum Gasteiger partial charge on any atom is 0.145 e. The SMILES string of the molecule is c1ccc(-c2ccc(N(c3ccc(-c4cccc(-c5ccc6ccccc6c5)c4)cc3)c3ccc(-c4ccccc4-c4ccccc4-c4cccc5ccccc45)cc3)c3c2oc2ccccc23)cc1. The first kappa shape index (κ1) is 41.0. The summed E-state index contributed by atoms with van der Waals surface area (Å²) in [6, 6.07) is 98.6. The van der Waals surface area contributed by atoms with Gasteiger partial charge in [0.05, 0.1) is 11.1 Å². The Morgan fingerprint density at radius 3 is 1.50 bits per heavy atom. The third-order valence-corrected chi connectivity index (χ3v) is 13.9. The normalized spacial score (nSPS) is 11.4. The molecular formula is C68H45NO. The van der Waals surface area contributed by atoms with Crippen LogP contribution in [0.2, 0.25) is 0 Å². The smallest absolute Gasteiger partial charge is 0.145 e. The van der Waals surface area contributed by atoms with Crippen LogP contribution >= 0.6 is 0 Å². The molecule has 328 valence electrons. The number of hydrogen-bond acceptors (Lipinski definition) is 2. The van der Waals surface area contributed by atoms with E-state index in [9.17, 15) is 0 Å². The fourth-order valence-electron chi connectivity index (χ4n) is 10.5. The van der Waals surface area contributed by atoms with Crippen LogP contribution in [-0.2, 0) is 0 Å². The van der Waals surface area contributed by atoms with E-state index in [0.717, 1.165) is 61.3 Å². The number of benzene rings is 12. The molecule has 0 amide bonds. The van der Waals surface area contributed by atoms with Gasteiger partial charge in [-0.25, -0.2) is 0 Å². The van der Waals surface area contributed by atoms with E-state index in [-0.39, 0.29) is 0 Å². The lowest BCUT2D eigenvalue weighted by atomic mass is 9.88. The van der Waals surface area contributed by atoms with Gasteiger partial charge in [0.1, 0.15) is 11.2 Å². The minimum Gasteiger partial charge on any atom is -0.455 e. The maximum atomic E-state index is 6.82. The molecule has 0 fully saturated rings. The van der Waals surface area contributed by atoms with Crippen LogP contribution in [0.3, 0.4) is 0 Å². The third kappa shape index (κ3) is 7.31. The summed E-state index contributed by atoms with van der Waals surface area (Å²) in [4.78, 5) is 2.39. The van der Waals surface area contributed by atoms with Gasteiger partial charge >= 0.3 is 0 Å². The molecule has 0 bridgehead atoms. The maximum absolute atomic E-state index is 6.82. The number of para-hydroxylation sites is 1. The van der Waals surface area contributed by atoms with E-state index < -0.39 is 0 Å².